The molecule has 1 aromatic carbocycles. The predicted molar refractivity (Wildman–Crippen MR) is 49.8 cm³/mol. The van der Waals surface area contributed by atoms with Crippen LogP contribution in [-0.4, -0.2) is 0 Å². The van der Waals surface area contributed by atoms with E-state index in [0.29, 0.717) is 5.56 Å². The van der Waals surface area contributed by atoms with E-state index in [1.165, 1.54) is 6.07 Å². The standard InChI is InChI=1S/C11H9FN2/c1-8-6-11(12)10(3-5-14)7-9(8)2-4-13/h6-7H,2-3H2,1H3. The molecule has 0 saturated heterocycles. The Morgan fingerprint density at radius 1 is 1.14 bits per heavy atom. The van der Waals surface area contributed by atoms with E-state index in [1.54, 1.807) is 13.0 Å². The van der Waals surface area contributed by atoms with Gasteiger partial charge in [0.25, 0.3) is 0 Å². The molecule has 1 rings (SSSR count). The fourth-order valence-electron chi connectivity index (χ4n) is 1.26. The zero-order chi connectivity index (χ0) is 10.6. The summed E-state index contributed by atoms with van der Waals surface area (Å²) in [4.78, 5) is 0. The highest BCUT2D eigenvalue weighted by Gasteiger charge is 2.06. The summed E-state index contributed by atoms with van der Waals surface area (Å²) >= 11 is 0. The van der Waals surface area contributed by atoms with Crippen molar-refractivity contribution >= 4 is 0 Å². The van der Waals surface area contributed by atoms with Crippen molar-refractivity contribution in [3.8, 4) is 12.1 Å². The Kier molecular flexibility index (Phi) is 3.20. The van der Waals surface area contributed by atoms with E-state index >= 15 is 0 Å². The monoisotopic (exact) mass is 188 g/mol. The zero-order valence-corrected chi connectivity index (χ0v) is 7.84. The molecule has 14 heavy (non-hydrogen) atoms. The van der Waals surface area contributed by atoms with Gasteiger partial charge in [0.1, 0.15) is 5.82 Å². The smallest absolute Gasteiger partial charge is 0.127 e. The first-order chi connectivity index (χ1) is 6.69. The molecule has 2 nitrogen and oxygen atoms in total. The molecule has 1 aromatic rings. The molecule has 0 aliphatic carbocycles. The number of aryl methyl sites for hydroxylation is 1. The Morgan fingerprint density at radius 2 is 1.71 bits per heavy atom. The molecule has 0 aliphatic heterocycles. The highest BCUT2D eigenvalue weighted by atomic mass is 19.1. The van der Waals surface area contributed by atoms with Crippen LogP contribution in [0.25, 0.3) is 0 Å². The molecule has 70 valence electrons. The molecule has 0 heterocycles. The minimum Gasteiger partial charge on any atom is -0.207 e. The largest absolute Gasteiger partial charge is 0.207 e. The molecule has 0 radical (unpaired) electrons. The minimum atomic E-state index is -0.370. The summed E-state index contributed by atoms with van der Waals surface area (Å²) in [6.45, 7) is 1.76. The molecule has 0 fully saturated rings. The summed E-state index contributed by atoms with van der Waals surface area (Å²) in [5.74, 6) is -0.370. The van der Waals surface area contributed by atoms with Crippen LogP contribution in [0.4, 0.5) is 4.39 Å². The van der Waals surface area contributed by atoms with Gasteiger partial charge < -0.3 is 0 Å². The predicted octanol–water partition coefficient (Wildman–Crippen LogP) is 2.27. The summed E-state index contributed by atoms with van der Waals surface area (Å²) in [6, 6.07) is 6.87. The molecule has 0 aliphatic rings. The van der Waals surface area contributed by atoms with Gasteiger partial charge in [0.15, 0.2) is 0 Å². The van der Waals surface area contributed by atoms with Gasteiger partial charge in [-0.15, -0.1) is 0 Å². The van der Waals surface area contributed by atoms with Crippen molar-refractivity contribution < 1.29 is 4.39 Å². The zero-order valence-electron chi connectivity index (χ0n) is 7.84. The molecule has 0 bridgehead atoms. The third-order valence-electron chi connectivity index (χ3n) is 2.04. The van der Waals surface area contributed by atoms with Gasteiger partial charge in [0, 0.05) is 5.56 Å². The maximum absolute atomic E-state index is 13.2. The van der Waals surface area contributed by atoms with Crippen LogP contribution in [0.15, 0.2) is 12.1 Å². The maximum Gasteiger partial charge on any atom is 0.127 e. The number of rotatable bonds is 2. The Morgan fingerprint density at radius 3 is 2.29 bits per heavy atom. The number of hydrogen-bond acceptors (Lipinski definition) is 2. The summed E-state index contributed by atoms with van der Waals surface area (Å²) in [6.07, 6.45) is 0.301. The van der Waals surface area contributed by atoms with Crippen molar-refractivity contribution in [3.05, 3.63) is 34.6 Å². The Hall–Kier alpha value is -1.87. The summed E-state index contributed by atoms with van der Waals surface area (Å²) in [5.41, 5.74) is 1.91. The number of nitriles is 2. The van der Waals surface area contributed by atoms with Gasteiger partial charge in [-0.1, -0.05) is 6.07 Å². The van der Waals surface area contributed by atoms with Crippen molar-refractivity contribution in [1.82, 2.24) is 0 Å². The lowest BCUT2D eigenvalue weighted by atomic mass is 10.0. The van der Waals surface area contributed by atoms with Crippen LogP contribution in [0.2, 0.25) is 0 Å². The number of halogens is 1. The third kappa shape index (κ3) is 2.08. The van der Waals surface area contributed by atoms with E-state index in [4.69, 9.17) is 10.5 Å². The number of nitrogens with zero attached hydrogens (tertiary/aromatic N) is 2. The third-order valence-corrected chi connectivity index (χ3v) is 2.04. The fourth-order valence-corrected chi connectivity index (χ4v) is 1.26. The second-order valence-electron chi connectivity index (χ2n) is 3.04. The second kappa shape index (κ2) is 4.39. The van der Waals surface area contributed by atoms with E-state index in [9.17, 15) is 4.39 Å². The first kappa shape index (κ1) is 10.2. The second-order valence-corrected chi connectivity index (χ2v) is 3.04. The summed E-state index contributed by atoms with van der Waals surface area (Å²) in [5, 5.41) is 17.0. The molecule has 3 heteroatoms. The van der Waals surface area contributed by atoms with Crippen LogP contribution in [-0.2, 0) is 12.8 Å². The molecule has 0 spiro atoms. The minimum absolute atomic E-state index is 0.0462. The topological polar surface area (TPSA) is 47.6 Å². The molecule has 0 unspecified atom stereocenters. The summed E-state index contributed by atoms with van der Waals surface area (Å²) in [7, 11) is 0. The fraction of sp³-hybridized carbons (Fsp3) is 0.273. The van der Waals surface area contributed by atoms with Crippen LogP contribution in [0.3, 0.4) is 0 Å². The van der Waals surface area contributed by atoms with E-state index in [-0.39, 0.29) is 18.7 Å². The van der Waals surface area contributed by atoms with Gasteiger partial charge in [-0.05, 0) is 24.1 Å². The Labute approximate surface area is 82.2 Å². The average molecular weight is 188 g/mol. The van der Waals surface area contributed by atoms with E-state index in [1.807, 2.05) is 12.1 Å². The molecule has 0 aromatic heterocycles. The van der Waals surface area contributed by atoms with Crippen molar-refractivity contribution in [3.63, 3.8) is 0 Å². The highest BCUT2D eigenvalue weighted by Crippen LogP contribution is 2.16. The van der Waals surface area contributed by atoms with Crippen LogP contribution in [0.5, 0.6) is 0 Å². The Balaban J connectivity index is 3.16. The van der Waals surface area contributed by atoms with Crippen LogP contribution < -0.4 is 0 Å². The van der Waals surface area contributed by atoms with Crippen molar-refractivity contribution in [2.45, 2.75) is 19.8 Å². The SMILES string of the molecule is Cc1cc(F)c(CC#N)cc1CC#N. The van der Waals surface area contributed by atoms with Gasteiger partial charge in [0.2, 0.25) is 0 Å². The molecule has 0 N–H and O–H groups in total. The van der Waals surface area contributed by atoms with Gasteiger partial charge >= 0.3 is 0 Å². The van der Waals surface area contributed by atoms with Gasteiger partial charge in [0.05, 0.1) is 25.0 Å². The molecular formula is C11H9FN2. The van der Waals surface area contributed by atoms with Gasteiger partial charge in [-0.3, -0.25) is 0 Å². The molecular weight excluding hydrogens is 179 g/mol. The van der Waals surface area contributed by atoms with Crippen molar-refractivity contribution in [1.29, 1.82) is 10.5 Å². The highest BCUT2D eigenvalue weighted by molar-refractivity contribution is 5.35. The average Bonchev–Trinajstić information content (AvgIpc) is 2.14. The number of hydrogen-bond donors (Lipinski definition) is 0. The lowest BCUT2D eigenvalue weighted by Crippen LogP contribution is -1.95. The van der Waals surface area contributed by atoms with Crippen LogP contribution >= 0.6 is 0 Å². The molecule has 0 amide bonds. The normalized spacial score (nSPS) is 9.14. The molecule has 0 atom stereocenters. The number of benzene rings is 1. The summed E-state index contributed by atoms with van der Waals surface area (Å²) < 4.78 is 13.2. The lowest BCUT2D eigenvalue weighted by Gasteiger charge is -2.05. The first-order valence-corrected chi connectivity index (χ1v) is 4.21. The van der Waals surface area contributed by atoms with E-state index < -0.39 is 0 Å². The van der Waals surface area contributed by atoms with Crippen LogP contribution in [0, 0.1) is 35.4 Å². The van der Waals surface area contributed by atoms with Crippen LogP contribution in [0.1, 0.15) is 16.7 Å². The van der Waals surface area contributed by atoms with Gasteiger partial charge in [-0.25, -0.2) is 4.39 Å². The van der Waals surface area contributed by atoms with Crippen molar-refractivity contribution in [2.75, 3.05) is 0 Å². The van der Waals surface area contributed by atoms with Crippen molar-refractivity contribution in [2.24, 2.45) is 0 Å². The quantitative estimate of drug-likeness (QED) is 0.714. The van der Waals surface area contributed by atoms with E-state index in [2.05, 4.69) is 0 Å². The van der Waals surface area contributed by atoms with E-state index in [0.717, 1.165) is 11.1 Å². The lowest BCUT2D eigenvalue weighted by molar-refractivity contribution is 0.613. The maximum atomic E-state index is 13.2. The Bertz CT molecular complexity index is 387. The van der Waals surface area contributed by atoms with Gasteiger partial charge in [-0.2, -0.15) is 10.5 Å². The molecule has 0 saturated carbocycles. The first-order valence-electron chi connectivity index (χ1n) is 4.21.